The molecule has 0 aliphatic rings. The van der Waals surface area contributed by atoms with Crippen molar-refractivity contribution in [1.29, 1.82) is 0 Å². The Bertz CT molecular complexity index is 702. The highest BCUT2D eigenvalue weighted by Crippen LogP contribution is 2.25. The van der Waals surface area contributed by atoms with Crippen molar-refractivity contribution in [2.24, 2.45) is 5.73 Å². The van der Waals surface area contributed by atoms with Crippen LogP contribution < -0.4 is 5.73 Å². The van der Waals surface area contributed by atoms with Gasteiger partial charge in [0.05, 0.1) is 11.6 Å². The zero-order valence-electron chi connectivity index (χ0n) is 9.54. The molecule has 5 nitrogen and oxygen atoms in total. The summed E-state index contributed by atoms with van der Waals surface area (Å²) in [6, 6.07) is 6.24. The fraction of sp³-hybridized carbons (Fsp3) is 0.182. The van der Waals surface area contributed by atoms with Crippen LogP contribution in [0.15, 0.2) is 24.3 Å². The summed E-state index contributed by atoms with van der Waals surface area (Å²) in [4.78, 5) is 0.612. The molecule has 0 amide bonds. The second-order valence-electron chi connectivity index (χ2n) is 3.93. The second kappa shape index (κ2) is 4.11. The summed E-state index contributed by atoms with van der Waals surface area (Å²) in [7, 11) is 0. The third-order valence-corrected chi connectivity index (χ3v) is 3.61. The molecule has 0 saturated carbocycles. The van der Waals surface area contributed by atoms with Crippen LogP contribution in [0.25, 0.3) is 16.3 Å². The Morgan fingerprint density at radius 3 is 2.83 bits per heavy atom. The number of hydrogen-bond donors (Lipinski definition) is 1. The van der Waals surface area contributed by atoms with Gasteiger partial charge in [0.25, 0.3) is 0 Å². The van der Waals surface area contributed by atoms with E-state index in [-0.39, 0.29) is 11.9 Å². The molecule has 92 valence electrons. The Labute approximate surface area is 106 Å². The lowest BCUT2D eigenvalue weighted by Crippen LogP contribution is -2.05. The summed E-state index contributed by atoms with van der Waals surface area (Å²) in [5.74, 6) is 0.0494. The maximum Gasteiger partial charge on any atom is 0.235 e. The van der Waals surface area contributed by atoms with Crippen molar-refractivity contribution < 1.29 is 4.39 Å². The molecular weight excluding hydrogens is 253 g/mol. The number of nitrogens with two attached hydrogens (primary N) is 1. The van der Waals surface area contributed by atoms with Crippen molar-refractivity contribution in [2.45, 2.75) is 13.0 Å². The number of nitrogens with zero attached hydrogens (tertiary/aromatic N) is 4. The molecule has 0 bridgehead atoms. The summed E-state index contributed by atoms with van der Waals surface area (Å²) in [6.07, 6.45) is 0. The van der Waals surface area contributed by atoms with Crippen LogP contribution in [0, 0.1) is 5.82 Å². The van der Waals surface area contributed by atoms with Crippen molar-refractivity contribution >= 4 is 16.3 Å². The SMILES string of the molecule is CC(N)c1nn2c(-c3ccccc3F)nnc2s1. The predicted molar refractivity (Wildman–Crippen MR) is 66.7 cm³/mol. The molecule has 2 heterocycles. The van der Waals surface area contributed by atoms with Gasteiger partial charge in [-0.25, -0.2) is 4.39 Å². The van der Waals surface area contributed by atoms with Gasteiger partial charge in [-0.2, -0.15) is 9.61 Å². The molecule has 3 rings (SSSR count). The minimum atomic E-state index is -0.345. The molecule has 7 heteroatoms. The first kappa shape index (κ1) is 11.2. The third kappa shape index (κ3) is 1.68. The zero-order chi connectivity index (χ0) is 12.7. The van der Waals surface area contributed by atoms with Gasteiger partial charge in [-0.05, 0) is 19.1 Å². The monoisotopic (exact) mass is 263 g/mol. The zero-order valence-corrected chi connectivity index (χ0v) is 10.4. The predicted octanol–water partition coefficient (Wildman–Crippen LogP) is 2.01. The average molecular weight is 263 g/mol. The molecule has 3 aromatic rings. The Morgan fingerprint density at radius 1 is 1.33 bits per heavy atom. The van der Waals surface area contributed by atoms with E-state index in [4.69, 9.17) is 5.73 Å². The lowest BCUT2D eigenvalue weighted by molar-refractivity contribution is 0.629. The van der Waals surface area contributed by atoms with Crippen molar-refractivity contribution in [2.75, 3.05) is 0 Å². The van der Waals surface area contributed by atoms with Gasteiger partial charge in [0.2, 0.25) is 4.96 Å². The van der Waals surface area contributed by atoms with Gasteiger partial charge in [-0.3, -0.25) is 0 Å². The van der Waals surface area contributed by atoms with E-state index in [1.165, 1.54) is 21.9 Å². The summed E-state index contributed by atoms with van der Waals surface area (Å²) < 4.78 is 15.2. The molecule has 2 N–H and O–H groups in total. The van der Waals surface area contributed by atoms with Crippen molar-refractivity contribution in [3.8, 4) is 11.4 Å². The van der Waals surface area contributed by atoms with Gasteiger partial charge in [0.15, 0.2) is 5.82 Å². The van der Waals surface area contributed by atoms with Gasteiger partial charge in [0.1, 0.15) is 10.8 Å². The van der Waals surface area contributed by atoms with Crippen LogP contribution in [0.4, 0.5) is 4.39 Å². The third-order valence-electron chi connectivity index (χ3n) is 2.51. The van der Waals surface area contributed by atoms with Crippen LogP contribution in [0.2, 0.25) is 0 Å². The standard InChI is InChI=1S/C11H10FN5S/c1-6(13)10-16-17-9(14-15-11(17)18-10)7-4-2-3-5-8(7)12/h2-6H,13H2,1H3. The summed E-state index contributed by atoms with van der Waals surface area (Å²) in [6.45, 7) is 1.84. The Kier molecular flexibility index (Phi) is 2.57. The smallest absolute Gasteiger partial charge is 0.235 e. The molecule has 0 spiro atoms. The largest absolute Gasteiger partial charge is 0.322 e. The Balaban J connectivity index is 2.21. The maximum atomic E-state index is 13.7. The van der Waals surface area contributed by atoms with Crippen LogP contribution >= 0.6 is 11.3 Å². The number of aromatic nitrogens is 4. The topological polar surface area (TPSA) is 69.1 Å². The van der Waals surface area contributed by atoms with Crippen LogP contribution in [0.3, 0.4) is 0 Å². The van der Waals surface area contributed by atoms with Gasteiger partial charge in [-0.1, -0.05) is 23.5 Å². The fourth-order valence-electron chi connectivity index (χ4n) is 1.63. The fourth-order valence-corrected chi connectivity index (χ4v) is 2.42. The maximum absolute atomic E-state index is 13.7. The molecule has 0 fully saturated rings. The minimum Gasteiger partial charge on any atom is -0.322 e. The first-order valence-electron chi connectivity index (χ1n) is 5.39. The first-order chi connectivity index (χ1) is 8.66. The van der Waals surface area contributed by atoms with Crippen LogP contribution in [-0.2, 0) is 0 Å². The molecular formula is C11H10FN5S. The van der Waals surface area contributed by atoms with Gasteiger partial charge in [-0.15, -0.1) is 10.2 Å². The van der Waals surface area contributed by atoms with E-state index < -0.39 is 0 Å². The summed E-state index contributed by atoms with van der Waals surface area (Å²) in [5, 5.41) is 13.0. The van der Waals surface area contributed by atoms with Crippen molar-refractivity contribution in [1.82, 2.24) is 19.8 Å². The van der Waals surface area contributed by atoms with Crippen molar-refractivity contribution in [3.63, 3.8) is 0 Å². The van der Waals surface area contributed by atoms with E-state index in [9.17, 15) is 4.39 Å². The van der Waals surface area contributed by atoms with Crippen LogP contribution in [-0.4, -0.2) is 19.8 Å². The normalized spacial score (nSPS) is 13.1. The molecule has 18 heavy (non-hydrogen) atoms. The highest BCUT2D eigenvalue weighted by molar-refractivity contribution is 7.16. The Morgan fingerprint density at radius 2 is 2.11 bits per heavy atom. The first-order valence-corrected chi connectivity index (χ1v) is 6.21. The van der Waals surface area contributed by atoms with E-state index in [1.807, 2.05) is 6.92 Å². The Hall–Kier alpha value is -1.86. The number of benzene rings is 1. The molecule has 1 unspecified atom stereocenters. The van der Waals surface area contributed by atoms with Gasteiger partial charge < -0.3 is 5.73 Å². The number of fused-ring (bicyclic) bond motifs is 1. The number of halogens is 1. The lowest BCUT2D eigenvalue weighted by atomic mass is 10.2. The van der Waals surface area contributed by atoms with Gasteiger partial charge >= 0.3 is 0 Å². The molecule has 0 aliphatic heterocycles. The van der Waals surface area contributed by atoms with Crippen LogP contribution in [0.5, 0.6) is 0 Å². The van der Waals surface area contributed by atoms with Crippen molar-refractivity contribution in [3.05, 3.63) is 35.1 Å². The van der Waals surface area contributed by atoms with E-state index in [0.29, 0.717) is 16.3 Å². The molecule has 1 aromatic carbocycles. The quantitative estimate of drug-likeness (QED) is 0.768. The van der Waals surface area contributed by atoms with Gasteiger partial charge in [0, 0.05) is 0 Å². The van der Waals surface area contributed by atoms with E-state index in [1.54, 1.807) is 18.2 Å². The van der Waals surface area contributed by atoms with E-state index in [0.717, 1.165) is 5.01 Å². The molecule has 0 aliphatic carbocycles. The average Bonchev–Trinajstić information content (AvgIpc) is 2.89. The molecule has 0 radical (unpaired) electrons. The molecule has 2 aromatic heterocycles. The minimum absolute atomic E-state index is 0.176. The number of rotatable bonds is 2. The van der Waals surface area contributed by atoms with E-state index in [2.05, 4.69) is 15.3 Å². The summed E-state index contributed by atoms with van der Waals surface area (Å²) >= 11 is 1.36. The molecule has 0 saturated heterocycles. The number of hydrogen-bond acceptors (Lipinski definition) is 5. The summed E-state index contributed by atoms with van der Waals surface area (Å²) in [5.41, 5.74) is 6.15. The highest BCUT2D eigenvalue weighted by Gasteiger charge is 2.17. The highest BCUT2D eigenvalue weighted by atomic mass is 32.1. The lowest BCUT2D eigenvalue weighted by Gasteiger charge is -1.99. The molecule has 1 atom stereocenters. The van der Waals surface area contributed by atoms with E-state index >= 15 is 0 Å². The van der Waals surface area contributed by atoms with Crippen LogP contribution in [0.1, 0.15) is 18.0 Å². The second-order valence-corrected chi connectivity index (χ2v) is 4.91.